The number of rotatable bonds is 1. The van der Waals surface area contributed by atoms with E-state index < -0.39 is 0 Å². The van der Waals surface area contributed by atoms with Crippen LogP contribution in [0, 0.1) is 6.92 Å². The summed E-state index contributed by atoms with van der Waals surface area (Å²) in [6, 6.07) is 10.3. The van der Waals surface area contributed by atoms with E-state index in [1.165, 1.54) is 5.56 Å². The zero-order valence-electron chi connectivity index (χ0n) is 8.78. The minimum absolute atomic E-state index is 1.32. The van der Waals surface area contributed by atoms with Crippen LogP contribution < -0.4 is 0 Å². The van der Waals surface area contributed by atoms with Crippen LogP contribution in [-0.4, -0.2) is 11.0 Å². The lowest BCUT2D eigenvalue weighted by Gasteiger charge is -1.82. The van der Waals surface area contributed by atoms with Gasteiger partial charge in [-0.1, -0.05) is 62.0 Å². The van der Waals surface area contributed by atoms with Gasteiger partial charge in [-0.2, -0.15) is 0 Å². The Morgan fingerprint density at radius 3 is 1.69 bits per heavy atom. The minimum atomic E-state index is 1.32. The monoisotopic (exact) mass is 214 g/mol. The molecular formula is C11H18S2. The Labute approximate surface area is 91.7 Å². The van der Waals surface area contributed by atoms with Crippen LogP contribution in [-0.2, 0) is 0 Å². The molecule has 0 aliphatic rings. The van der Waals surface area contributed by atoms with Gasteiger partial charge in [-0.15, -0.1) is 11.8 Å². The van der Waals surface area contributed by atoms with Gasteiger partial charge >= 0.3 is 0 Å². The molecule has 0 unspecified atom stereocenters. The van der Waals surface area contributed by atoms with Crippen LogP contribution in [0.2, 0.25) is 0 Å². The minimum Gasteiger partial charge on any atom is -0.126 e. The summed E-state index contributed by atoms with van der Waals surface area (Å²) in [4.78, 5) is 0. The van der Waals surface area contributed by atoms with Gasteiger partial charge in [0, 0.05) is 4.70 Å². The molecule has 0 bridgehead atoms. The maximum Gasteiger partial charge on any atom is 0.0339 e. The molecule has 0 aromatic heterocycles. The van der Waals surface area contributed by atoms with Crippen LogP contribution in [0.5, 0.6) is 0 Å². The zero-order chi connectivity index (χ0) is 10.5. The molecule has 0 N–H and O–H groups in total. The highest BCUT2D eigenvalue weighted by molar-refractivity contribution is 8.20. The Morgan fingerprint density at radius 1 is 1.15 bits per heavy atom. The molecular weight excluding hydrogens is 196 g/mol. The molecule has 0 aliphatic heterocycles. The lowest BCUT2D eigenvalue weighted by atomic mass is 10.2. The largest absolute Gasteiger partial charge is 0.126 e. The van der Waals surface area contributed by atoms with E-state index in [0.717, 1.165) is 0 Å². The van der Waals surface area contributed by atoms with Crippen LogP contribution in [0.25, 0.3) is 0 Å². The summed E-state index contributed by atoms with van der Waals surface area (Å²) in [5.74, 6) is 0. The third kappa shape index (κ3) is 14.5. The van der Waals surface area contributed by atoms with Crippen LogP contribution in [0.15, 0.2) is 30.3 Å². The number of hydrogen-bond acceptors (Lipinski definition) is 2. The predicted molar refractivity (Wildman–Crippen MR) is 69.7 cm³/mol. The van der Waals surface area contributed by atoms with Crippen molar-refractivity contribution in [1.82, 2.24) is 0 Å². The van der Waals surface area contributed by atoms with Crippen LogP contribution in [0.4, 0.5) is 0 Å². The highest BCUT2D eigenvalue weighted by atomic mass is 32.2. The first-order valence-corrected chi connectivity index (χ1v) is 6.05. The molecule has 0 heterocycles. The van der Waals surface area contributed by atoms with Gasteiger partial charge in [0.25, 0.3) is 0 Å². The summed E-state index contributed by atoms with van der Waals surface area (Å²) in [7, 11) is 0. The van der Waals surface area contributed by atoms with Crippen LogP contribution in [0.1, 0.15) is 19.4 Å². The Bertz CT molecular complexity index is 183. The number of benzene rings is 1. The summed E-state index contributed by atoms with van der Waals surface area (Å²) < 4.78 is 1.62. The van der Waals surface area contributed by atoms with E-state index in [2.05, 4.69) is 31.3 Å². The molecule has 0 amide bonds. The fraction of sp³-hybridized carbons (Fsp3) is 0.364. The van der Waals surface area contributed by atoms with Gasteiger partial charge in [0.1, 0.15) is 0 Å². The highest BCUT2D eigenvalue weighted by Crippen LogP contribution is 1.92. The van der Waals surface area contributed by atoms with Gasteiger partial charge in [-0.25, -0.2) is 0 Å². The van der Waals surface area contributed by atoms with Gasteiger partial charge in [-0.05, 0) is 13.2 Å². The molecule has 1 aromatic carbocycles. The van der Waals surface area contributed by atoms with Crippen molar-refractivity contribution in [1.29, 1.82) is 0 Å². The maximum atomic E-state index is 4.39. The van der Waals surface area contributed by atoms with Crippen molar-refractivity contribution in [3.05, 3.63) is 35.9 Å². The first kappa shape index (κ1) is 15.1. The Balaban J connectivity index is 0. The summed E-state index contributed by atoms with van der Waals surface area (Å²) in [6.07, 6.45) is 1.94. The van der Waals surface area contributed by atoms with Gasteiger partial charge in [-0.3, -0.25) is 0 Å². The van der Waals surface area contributed by atoms with E-state index >= 15 is 0 Å². The number of thioether (sulfide) groups is 1. The van der Waals surface area contributed by atoms with E-state index in [1.807, 2.05) is 38.3 Å². The first-order chi connectivity index (χ1) is 6.31. The van der Waals surface area contributed by atoms with Crippen molar-refractivity contribution < 1.29 is 0 Å². The second-order valence-corrected chi connectivity index (χ2v) is 3.23. The zero-order valence-corrected chi connectivity index (χ0v) is 10.4. The summed E-state index contributed by atoms with van der Waals surface area (Å²) in [5, 5.41) is 0. The smallest absolute Gasteiger partial charge is 0.0339 e. The standard InChI is InChI=1S/C7H8.C2H4S2.C2H6/c1-7-5-3-2-4-6-7;1-4-2-3;1-2/h2-6H,1H3;2H,1H3;1-2H3. The lowest BCUT2D eigenvalue weighted by Crippen LogP contribution is -1.62. The highest BCUT2D eigenvalue weighted by Gasteiger charge is 1.72. The molecule has 13 heavy (non-hydrogen) atoms. The molecule has 0 spiro atoms. The lowest BCUT2D eigenvalue weighted by molar-refractivity contribution is 1.48. The Morgan fingerprint density at radius 2 is 1.54 bits per heavy atom. The van der Waals surface area contributed by atoms with E-state index in [4.69, 9.17) is 0 Å². The quantitative estimate of drug-likeness (QED) is 0.638. The maximum absolute atomic E-state index is 4.39. The first-order valence-electron chi connectivity index (χ1n) is 4.29. The van der Waals surface area contributed by atoms with E-state index in [9.17, 15) is 0 Å². The molecule has 74 valence electrons. The average Bonchev–Trinajstić information content (AvgIpc) is 2.22. The Kier molecular flexibility index (Phi) is 16.5. The van der Waals surface area contributed by atoms with Gasteiger partial charge in [0.2, 0.25) is 0 Å². The number of thiocarbonyl (C=S) groups is 1. The van der Waals surface area contributed by atoms with E-state index in [-0.39, 0.29) is 0 Å². The van der Waals surface area contributed by atoms with Crippen molar-refractivity contribution >= 4 is 28.7 Å². The molecule has 2 heteroatoms. The van der Waals surface area contributed by atoms with Crippen molar-refractivity contribution in [2.45, 2.75) is 20.8 Å². The average molecular weight is 214 g/mol. The summed E-state index contributed by atoms with van der Waals surface area (Å²) in [5.41, 5.74) is 1.32. The number of aryl methyl sites for hydroxylation is 1. The molecule has 0 radical (unpaired) electrons. The molecule has 0 fully saturated rings. The fourth-order valence-electron chi connectivity index (χ4n) is 0.534. The number of hydrogen-bond donors (Lipinski definition) is 0. The topological polar surface area (TPSA) is 0 Å². The normalized spacial score (nSPS) is 7.08. The van der Waals surface area contributed by atoms with E-state index in [0.29, 0.717) is 0 Å². The van der Waals surface area contributed by atoms with Crippen LogP contribution >= 0.6 is 24.0 Å². The van der Waals surface area contributed by atoms with Gasteiger partial charge in [0.15, 0.2) is 0 Å². The van der Waals surface area contributed by atoms with Crippen molar-refractivity contribution in [2.24, 2.45) is 0 Å². The summed E-state index contributed by atoms with van der Waals surface area (Å²) in [6.45, 7) is 6.08. The van der Waals surface area contributed by atoms with E-state index in [1.54, 1.807) is 16.5 Å². The van der Waals surface area contributed by atoms with Crippen molar-refractivity contribution in [3.63, 3.8) is 0 Å². The third-order valence-corrected chi connectivity index (χ3v) is 1.81. The second kappa shape index (κ2) is 14.2. The molecule has 0 aliphatic carbocycles. The second-order valence-electron chi connectivity index (χ2n) is 1.99. The molecule has 0 atom stereocenters. The molecule has 0 saturated carbocycles. The van der Waals surface area contributed by atoms with Crippen molar-refractivity contribution in [3.8, 4) is 0 Å². The Hall–Kier alpha value is -0.340. The SMILES string of the molecule is CC.CSC=S.Cc1ccccc1. The van der Waals surface area contributed by atoms with Gasteiger partial charge < -0.3 is 0 Å². The molecule has 1 aromatic rings. The fourth-order valence-corrected chi connectivity index (χ4v) is 0.534. The van der Waals surface area contributed by atoms with Gasteiger partial charge in [0.05, 0.1) is 0 Å². The third-order valence-electron chi connectivity index (χ3n) is 1.04. The molecule has 0 saturated heterocycles. The molecule has 0 nitrogen and oxygen atoms in total. The predicted octanol–water partition coefficient (Wildman–Crippen LogP) is 4.33. The molecule has 1 rings (SSSR count). The van der Waals surface area contributed by atoms with Crippen molar-refractivity contribution in [2.75, 3.05) is 6.26 Å². The summed E-state index contributed by atoms with van der Waals surface area (Å²) >= 11 is 5.94. The van der Waals surface area contributed by atoms with Crippen LogP contribution in [0.3, 0.4) is 0 Å².